The molecule has 3 aromatic rings. The topological polar surface area (TPSA) is 118 Å². The first-order valence-electron chi connectivity index (χ1n) is 12.0. The first-order valence-corrected chi connectivity index (χ1v) is 12.0. The minimum atomic E-state index is -4.60. The van der Waals surface area contributed by atoms with Gasteiger partial charge in [-0.3, -0.25) is 14.4 Å². The van der Waals surface area contributed by atoms with E-state index in [1.807, 2.05) is 37.5 Å². The first-order chi connectivity index (χ1) is 19.0. The summed E-state index contributed by atoms with van der Waals surface area (Å²) in [5, 5.41) is 8.62. The molecule has 0 saturated heterocycles. The van der Waals surface area contributed by atoms with Crippen LogP contribution in [0.1, 0.15) is 29.2 Å². The molecule has 3 N–H and O–H groups in total. The summed E-state index contributed by atoms with van der Waals surface area (Å²) >= 11 is 0. The van der Waals surface area contributed by atoms with Crippen molar-refractivity contribution >= 4 is 35.3 Å². The van der Waals surface area contributed by atoms with Gasteiger partial charge in [-0.2, -0.15) is 18.3 Å². The van der Waals surface area contributed by atoms with Gasteiger partial charge in [0.1, 0.15) is 0 Å². The molecule has 9 nitrogen and oxygen atoms in total. The number of carbonyl (C=O) groups is 3. The Labute approximate surface area is 228 Å². The number of nitrogens with zero attached hydrogens (tertiary/aromatic N) is 1. The van der Waals surface area contributed by atoms with E-state index < -0.39 is 23.6 Å². The van der Waals surface area contributed by atoms with Crippen LogP contribution < -0.4 is 25.5 Å². The molecular formula is C28H27F3N4O5. The average molecular weight is 557 g/mol. The van der Waals surface area contributed by atoms with Crippen LogP contribution >= 0.6 is 0 Å². The van der Waals surface area contributed by atoms with Crippen molar-refractivity contribution in [2.45, 2.75) is 26.9 Å². The maximum Gasteiger partial charge on any atom is 0.416 e. The van der Waals surface area contributed by atoms with Crippen LogP contribution in [-0.2, 0) is 20.6 Å². The summed E-state index contributed by atoms with van der Waals surface area (Å²) in [6, 6.07) is 14.3. The quantitative estimate of drug-likeness (QED) is 0.198. The number of nitrogens with one attached hydrogen (secondary N) is 3. The minimum absolute atomic E-state index is 0.196. The van der Waals surface area contributed by atoms with E-state index in [4.69, 9.17) is 9.47 Å². The third-order valence-electron chi connectivity index (χ3n) is 5.41. The standard InChI is InChI=1S/C28H27F3N4O5/c1-4-39-23-13-19(11-12-22(23)40-16-24(36)34-25-17(2)7-5-8-18(25)3)15-32-35-27(38)26(37)33-21-10-6-9-20(14-21)28(29,30)31/h5-15H,4,16H2,1-3H3,(H,33,37)(H,34,36)(H,35,38). The van der Waals surface area contributed by atoms with Gasteiger partial charge in [-0.25, -0.2) is 5.43 Å². The number of amides is 3. The summed E-state index contributed by atoms with van der Waals surface area (Å²) in [5.74, 6) is -2.11. The SMILES string of the molecule is CCOc1cc(C=NNC(=O)C(=O)Nc2cccc(C(F)(F)F)c2)ccc1OCC(=O)Nc1c(C)cccc1C. The molecule has 0 spiro atoms. The third kappa shape index (κ3) is 8.32. The van der Waals surface area contributed by atoms with Crippen LogP contribution in [0.5, 0.6) is 11.5 Å². The van der Waals surface area contributed by atoms with Crippen molar-refractivity contribution in [2.24, 2.45) is 5.10 Å². The Balaban J connectivity index is 1.58. The van der Waals surface area contributed by atoms with E-state index in [1.54, 1.807) is 25.1 Å². The van der Waals surface area contributed by atoms with Crippen LogP contribution in [0.25, 0.3) is 0 Å². The zero-order chi connectivity index (χ0) is 29.3. The summed E-state index contributed by atoms with van der Waals surface area (Å²) < 4.78 is 49.7. The van der Waals surface area contributed by atoms with Crippen molar-refractivity contribution in [1.82, 2.24) is 5.43 Å². The summed E-state index contributed by atoms with van der Waals surface area (Å²) in [5.41, 5.74) is 3.88. The third-order valence-corrected chi connectivity index (χ3v) is 5.41. The highest BCUT2D eigenvalue weighted by atomic mass is 19.4. The summed E-state index contributed by atoms with van der Waals surface area (Å²) in [7, 11) is 0. The highest BCUT2D eigenvalue weighted by Gasteiger charge is 2.30. The van der Waals surface area contributed by atoms with E-state index in [0.29, 0.717) is 29.7 Å². The molecule has 0 heterocycles. The van der Waals surface area contributed by atoms with Crippen LogP contribution in [0.3, 0.4) is 0 Å². The molecule has 0 unspecified atom stereocenters. The molecule has 0 fully saturated rings. The van der Waals surface area contributed by atoms with E-state index >= 15 is 0 Å². The zero-order valence-electron chi connectivity index (χ0n) is 21.9. The molecule has 3 rings (SSSR count). The Bertz CT molecular complexity index is 1400. The number of hydrogen-bond donors (Lipinski definition) is 3. The van der Waals surface area contributed by atoms with Crippen molar-refractivity contribution in [3.05, 3.63) is 82.9 Å². The molecule has 0 saturated carbocycles. The molecule has 0 aliphatic rings. The summed E-state index contributed by atoms with van der Waals surface area (Å²) in [6.07, 6.45) is -3.36. The monoisotopic (exact) mass is 556 g/mol. The lowest BCUT2D eigenvalue weighted by Gasteiger charge is -2.14. The Morgan fingerprint density at radius 1 is 0.875 bits per heavy atom. The number of anilines is 2. The highest BCUT2D eigenvalue weighted by molar-refractivity contribution is 6.39. The van der Waals surface area contributed by atoms with E-state index in [-0.39, 0.29) is 18.2 Å². The summed E-state index contributed by atoms with van der Waals surface area (Å²) in [4.78, 5) is 36.5. The molecule has 3 amide bonds. The van der Waals surface area contributed by atoms with Gasteiger partial charge in [-0.05, 0) is 73.9 Å². The molecule has 0 atom stereocenters. The number of hydrazone groups is 1. The number of carbonyl (C=O) groups excluding carboxylic acids is 3. The minimum Gasteiger partial charge on any atom is -0.490 e. The fourth-order valence-electron chi connectivity index (χ4n) is 3.50. The lowest BCUT2D eigenvalue weighted by atomic mass is 10.1. The fourth-order valence-corrected chi connectivity index (χ4v) is 3.50. The van der Waals surface area contributed by atoms with Crippen molar-refractivity contribution < 1.29 is 37.0 Å². The number of rotatable bonds is 9. The van der Waals surface area contributed by atoms with Gasteiger partial charge in [0.15, 0.2) is 18.1 Å². The number of benzene rings is 3. The van der Waals surface area contributed by atoms with Crippen molar-refractivity contribution in [3.8, 4) is 11.5 Å². The number of hydrogen-bond acceptors (Lipinski definition) is 6. The fraction of sp³-hybridized carbons (Fsp3) is 0.214. The lowest BCUT2D eigenvalue weighted by Crippen LogP contribution is -2.32. The Morgan fingerprint density at radius 2 is 1.57 bits per heavy atom. The molecule has 0 bridgehead atoms. The second-order valence-electron chi connectivity index (χ2n) is 8.47. The first kappa shape index (κ1) is 29.7. The Kier molecular flexibility index (Phi) is 9.85. The maximum absolute atomic E-state index is 12.8. The van der Waals surface area contributed by atoms with E-state index in [1.165, 1.54) is 12.3 Å². The molecule has 40 heavy (non-hydrogen) atoms. The highest BCUT2D eigenvalue weighted by Crippen LogP contribution is 2.31. The van der Waals surface area contributed by atoms with Crippen LogP contribution in [0, 0.1) is 13.8 Å². The largest absolute Gasteiger partial charge is 0.490 e. The number of ether oxygens (including phenoxy) is 2. The number of halogens is 3. The van der Waals surface area contributed by atoms with Crippen molar-refractivity contribution in [2.75, 3.05) is 23.8 Å². The van der Waals surface area contributed by atoms with Gasteiger partial charge in [-0.15, -0.1) is 0 Å². The van der Waals surface area contributed by atoms with Gasteiger partial charge in [0.25, 0.3) is 5.91 Å². The van der Waals surface area contributed by atoms with Crippen molar-refractivity contribution in [3.63, 3.8) is 0 Å². The number of aryl methyl sites for hydroxylation is 2. The van der Waals surface area contributed by atoms with E-state index in [2.05, 4.69) is 15.7 Å². The molecule has 12 heteroatoms. The maximum atomic E-state index is 12.8. The van der Waals surface area contributed by atoms with Gasteiger partial charge in [0.2, 0.25) is 0 Å². The summed E-state index contributed by atoms with van der Waals surface area (Å²) in [6.45, 7) is 5.59. The molecule has 0 aliphatic heterocycles. The van der Waals surface area contributed by atoms with Crippen LogP contribution in [0.4, 0.5) is 24.5 Å². The van der Waals surface area contributed by atoms with Crippen LogP contribution in [-0.4, -0.2) is 37.1 Å². The Hall–Kier alpha value is -4.87. The smallest absolute Gasteiger partial charge is 0.416 e. The Morgan fingerprint density at radius 3 is 2.25 bits per heavy atom. The van der Waals surface area contributed by atoms with Gasteiger partial charge in [0, 0.05) is 11.4 Å². The van der Waals surface area contributed by atoms with Crippen molar-refractivity contribution in [1.29, 1.82) is 0 Å². The van der Waals surface area contributed by atoms with E-state index in [9.17, 15) is 27.6 Å². The van der Waals surface area contributed by atoms with Gasteiger partial charge < -0.3 is 20.1 Å². The molecule has 3 aromatic carbocycles. The second-order valence-corrected chi connectivity index (χ2v) is 8.47. The van der Waals surface area contributed by atoms with Gasteiger partial charge >= 0.3 is 18.0 Å². The predicted molar refractivity (Wildman–Crippen MR) is 143 cm³/mol. The molecule has 210 valence electrons. The van der Waals surface area contributed by atoms with E-state index in [0.717, 1.165) is 28.9 Å². The average Bonchev–Trinajstić information content (AvgIpc) is 2.90. The zero-order valence-corrected chi connectivity index (χ0v) is 21.9. The molecular weight excluding hydrogens is 529 g/mol. The van der Waals surface area contributed by atoms with Gasteiger partial charge in [0.05, 0.1) is 18.4 Å². The predicted octanol–water partition coefficient (Wildman–Crippen LogP) is 4.83. The second kappa shape index (κ2) is 13.3. The molecule has 0 aromatic heterocycles. The van der Waals surface area contributed by atoms with Crippen LogP contribution in [0.15, 0.2) is 65.8 Å². The number of alkyl halides is 3. The lowest BCUT2D eigenvalue weighted by molar-refractivity contribution is -0.137. The normalized spacial score (nSPS) is 11.2. The number of para-hydroxylation sites is 1. The molecule has 0 aliphatic carbocycles. The molecule has 0 radical (unpaired) electrons. The van der Waals surface area contributed by atoms with Crippen LogP contribution in [0.2, 0.25) is 0 Å². The van der Waals surface area contributed by atoms with Gasteiger partial charge in [-0.1, -0.05) is 24.3 Å².